The number of benzene rings is 2. The van der Waals surface area contributed by atoms with Gasteiger partial charge in [0.2, 0.25) is 0 Å². The molecule has 0 aliphatic rings. The molecule has 3 aromatic rings. The number of amides is 2. The molecule has 2 aromatic carbocycles. The molecule has 0 bridgehead atoms. The maximum absolute atomic E-state index is 13.6. The second-order valence-electron chi connectivity index (χ2n) is 5.21. The zero-order chi connectivity index (χ0) is 18.0. The molecule has 5 nitrogen and oxygen atoms in total. The zero-order valence-corrected chi connectivity index (χ0v) is 13.1. The Morgan fingerprint density at radius 1 is 1.00 bits per heavy atom. The highest BCUT2D eigenvalue weighted by atomic mass is 19.2. The third-order valence-corrected chi connectivity index (χ3v) is 3.47. The topological polar surface area (TPSA) is 59.0 Å². The number of aryl methyl sites for hydroxylation is 1. The lowest BCUT2D eigenvalue weighted by Gasteiger charge is -2.07. The van der Waals surface area contributed by atoms with Crippen molar-refractivity contribution < 1.29 is 18.0 Å². The van der Waals surface area contributed by atoms with Gasteiger partial charge in [-0.15, -0.1) is 0 Å². The van der Waals surface area contributed by atoms with Crippen LogP contribution in [0.5, 0.6) is 0 Å². The minimum atomic E-state index is -1.65. The molecule has 0 saturated heterocycles. The highest BCUT2D eigenvalue weighted by Gasteiger charge is 2.16. The Balaban J connectivity index is 1.75. The monoisotopic (exact) mass is 346 g/mol. The van der Waals surface area contributed by atoms with E-state index in [-0.39, 0.29) is 5.82 Å². The van der Waals surface area contributed by atoms with Crippen molar-refractivity contribution in [2.75, 3.05) is 10.6 Å². The van der Waals surface area contributed by atoms with Gasteiger partial charge in [-0.25, -0.2) is 18.0 Å². The first-order valence-electron chi connectivity index (χ1n) is 7.26. The third kappa shape index (κ3) is 3.47. The van der Waals surface area contributed by atoms with Crippen molar-refractivity contribution in [3.8, 4) is 11.3 Å². The number of halogens is 3. The third-order valence-electron chi connectivity index (χ3n) is 3.47. The molecule has 0 spiro atoms. The van der Waals surface area contributed by atoms with Gasteiger partial charge in [0.25, 0.3) is 0 Å². The van der Waals surface area contributed by atoms with Gasteiger partial charge in [0.1, 0.15) is 0 Å². The second kappa shape index (κ2) is 6.68. The number of hydrogen-bond acceptors (Lipinski definition) is 2. The van der Waals surface area contributed by atoms with Crippen LogP contribution in [0.4, 0.5) is 29.5 Å². The summed E-state index contributed by atoms with van der Waals surface area (Å²) in [7, 11) is 1.71. The van der Waals surface area contributed by atoms with Crippen molar-refractivity contribution >= 4 is 17.5 Å². The number of urea groups is 1. The number of carbonyl (C=O) groups excluding carboxylic acids is 1. The summed E-state index contributed by atoms with van der Waals surface area (Å²) in [5.74, 6) is -4.23. The van der Waals surface area contributed by atoms with Gasteiger partial charge in [-0.3, -0.25) is 10.00 Å². The summed E-state index contributed by atoms with van der Waals surface area (Å²) in [6.45, 7) is 0. The lowest BCUT2D eigenvalue weighted by atomic mass is 10.1. The van der Waals surface area contributed by atoms with Crippen LogP contribution in [-0.4, -0.2) is 15.8 Å². The van der Waals surface area contributed by atoms with Crippen LogP contribution in [0.2, 0.25) is 0 Å². The summed E-state index contributed by atoms with van der Waals surface area (Å²) in [6.07, 6.45) is 0. The van der Waals surface area contributed by atoms with Gasteiger partial charge in [0, 0.05) is 13.1 Å². The van der Waals surface area contributed by atoms with Gasteiger partial charge in [-0.1, -0.05) is 30.3 Å². The highest BCUT2D eigenvalue weighted by molar-refractivity contribution is 5.99. The fourth-order valence-corrected chi connectivity index (χ4v) is 2.30. The molecule has 0 radical (unpaired) electrons. The predicted octanol–water partition coefficient (Wildman–Crippen LogP) is 4.15. The first kappa shape index (κ1) is 16.6. The minimum absolute atomic E-state index is 0.224. The number of nitrogens with zero attached hydrogens (tertiary/aromatic N) is 2. The van der Waals surface area contributed by atoms with E-state index in [1.807, 2.05) is 30.3 Å². The van der Waals surface area contributed by atoms with Gasteiger partial charge in [0.05, 0.1) is 11.4 Å². The smallest absolute Gasteiger partial charge is 0.305 e. The number of aromatic nitrogens is 2. The van der Waals surface area contributed by atoms with Crippen LogP contribution in [0.1, 0.15) is 0 Å². The number of anilines is 2. The fraction of sp³-hybridized carbons (Fsp3) is 0.0588. The van der Waals surface area contributed by atoms with Crippen LogP contribution in [0.15, 0.2) is 48.5 Å². The van der Waals surface area contributed by atoms with Gasteiger partial charge in [-0.2, -0.15) is 5.10 Å². The average molecular weight is 346 g/mol. The summed E-state index contributed by atoms with van der Waals surface area (Å²) in [5.41, 5.74) is 1.18. The summed E-state index contributed by atoms with van der Waals surface area (Å²) in [5, 5.41) is 8.67. The van der Waals surface area contributed by atoms with Gasteiger partial charge < -0.3 is 5.32 Å². The van der Waals surface area contributed by atoms with Crippen LogP contribution in [0, 0.1) is 17.5 Å². The van der Waals surface area contributed by atoms with Crippen molar-refractivity contribution in [1.29, 1.82) is 0 Å². The van der Waals surface area contributed by atoms with Crippen LogP contribution in [-0.2, 0) is 7.05 Å². The van der Waals surface area contributed by atoms with Gasteiger partial charge >= 0.3 is 6.03 Å². The fourth-order valence-electron chi connectivity index (χ4n) is 2.30. The molecular weight excluding hydrogens is 333 g/mol. The zero-order valence-electron chi connectivity index (χ0n) is 13.1. The highest BCUT2D eigenvalue weighted by Crippen LogP contribution is 2.22. The summed E-state index contributed by atoms with van der Waals surface area (Å²) in [4.78, 5) is 11.9. The minimum Gasteiger partial charge on any atom is -0.305 e. The van der Waals surface area contributed by atoms with E-state index in [4.69, 9.17) is 0 Å². The molecule has 3 rings (SSSR count). The molecule has 25 heavy (non-hydrogen) atoms. The molecule has 2 N–H and O–H groups in total. The van der Waals surface area contributed by atoms with Crippen LogP contribution >= 0.6 is 0 Å². The molecule has 0 atom stereocenters. The number of rotatable bonds is 3. The van der Waals surface area contributed by atoms with Crippen LogP contribution < -0.4 is 10.6 Å². The molecule has 0 aliphatic carbocycles. The Hall–Kier alpha value is -3.29. The van der Waals surface area contributed by atoms with E-state index >= 15 is 0 Å². The maximum Gasteiger partial charge on any atom is 0.324 e. The molecule has 0 fully saturated rings. The van der Waals surface area contributed by atoms with E-state index in [2.05, 4.69) is 15.7 Å². The summed E-state index contributed by atoms with van der Waals surface area (Å²) in [6, 6.07) is 11.8. The maximum atomic E-state index is 13.6. The normalized spacial score (nSPS) is 10.6. The number of hydrogen-bond donors (Lipinski definition) is 2. The Kier molecular flexibility index (Phi) is 4.42. The first-order valence-corrected chi connectivity index (χ1v) is 7.26. The van der Waals surface area contributed by atoms with E-state index in [0.717, 1.165) is 23.4 Å². The van der Waals surface area contributed by atoms with E-state index in [1.165, 1.54) is 0 Å². The molecule has 0 saturated carbocycles. The molecule has 8 heteroatoms. The molecule has 128 valence electrons. The van der Waals surface area contributed by atoms with Crippen molar-refractivity contribution in [3.63, 3.8) is 0 Å². The molecule has 1 aromatic heterocycles. The predicted molar refractivity (Wildman–Crippen MR) is 87.6 cm³/mol. The SMILES string of the molecule is Cn1nc(NC(=O)Nc2ccc(F)c(F)c2F)cc1-c1ccccc1. The van der Waals surface area contributed by atoms with E-state index < -0.39 is 29.2 Å². The summed E-state index contributed by atoms with van der Waals surface area (Å²) < 4.78 is 41.2. The van der Waals surface area contributed by atoms with Crippen molar-refractivity contribution in [3.05, 3.63) is 66.0 Å². The Bertz CT molecular complexity index is 925. The van der Waals surface area contributed by atoms with Crippen molar-refractivity contribution in [2.45, 2.75) is 0 Å². The van der Waals surface area contributed by atoms with Crippen molar-refractivity contribution in [2.24, 2.45) is 7.05 Å². The molecule has 0 aliphatic heterocycles. The molecular formula is C17H13F3N4O. The summed E-state index contributed by atoms with van der Waals surface area (Å²) >= 11 is 0. The van der Waals surface area contributed by atoms with Crippen LogP contribution in [0.3, 0.4) is 0 Å². The number of carbonyl (C=O) groups is 1. The van der Waals surface area contributed by atoms with Gasteiger partial charge in [0.15, 0.2) is 23.3 Å². The standard InChI is InChI=1S/C17H13F3N4O/c1-24-13(10-5-3-2-4-6-10)9-14(23-24)22-17(25)21-12-8-7-11(18)15(19)16(12)20/h2-9H,1H3,(H2,21,22,23,25). The average Bonchev–Trinajstić information content (AvgIpc) is 2.96. The Morgan fingerprint density at radius 3 is 2.44 bits per heavy atom. The molecule has 2 amide bonds. The number of nitrogens with one attached hydrogen (secondary N) is 2. The molecule has 0 unspecified atom stereocenters. The largest absolute Gasteiger partial charge is 0.324 e. The van der Waals surface area contributed by atoms with E-state index in [0.29, 0.717) is 0 Å². The quantitative estimate of drug-likeness (QED) is 0.700. The Labute approximate surface area is 141 Å². The lowest BCUT2D eigenvalue weighted by Crippen LogP contribution is -2.21. The van der Waals surface area contributed by atoms with E-state index in [9.17, 15) is 18.0 Å². The second-order valence-corrected chi connectivity index (χ2v) is 5.21. The first-order chi connectivity index (χ1) is 12.0. The lowest BCUT2D eigenvalue weighted by molar-refractivity contribution is 0.262. The van der Waals surface area contributed by atoms with E-state index in [1.54, 1.807) is 17.8 Å². The van der Waals surface area contributed by atoms with Crippen molar-refractivity contribution in [1.82, 2.24) is 9.78 Å². The Morgan fingerprint density at radius 2 is 1.72 bits per heavy atom. The molecule has 1 heterocycles. The van der Waals surface area contributed by atoms with Crippen LogP contribution in [0.25, 0.3) is 11.3 Å². The van der Waals surface area contributed by atoms with Gasteiger partial charge in [-0.05, 0) is 17.7 Å².